The van der Waals surface area contributed by atoms with E-state index in [1.807, 2.05) is 30.3 Å². The standard InChI is InChI=1S/C19H22N4O/c1-2-3-6-14-9-10-17(21-13-14)19(24)20-12-11-18-22-15-7-4-5-8-16(15)23-18/h4-5,7-10,13H,2-3,6,11-12H2,1H3,(H,20,24)(H,22,23). The third-order valence-electron chi connectivity index (χ3n) is 3.96. The molecule has 0 atom stereocenters. The van der Waals surface area contributed by atoms with E-state index in [2.05, 4.69) is 27.2 Å². The maximum atomic E-state index is 12.1. The fourth-order valence-electron chi connectivity index (χ4n) is 2.60. The van der Waals surface area contributed by atoms with Gasteiger partial charge in [0.15, 0.2) is 0 Å². The van der Waals surface area contributed by atoms with Crippen molar-refractivity contribution in [3.8, 4) is 0 Å². The summed E-state index contributed by atoms with van der Waals surface area (Å²) >= 11 is 0. The van der Waals surface area contributed by atoms with Crippen LogP contribution in [-0.2, 0) is 12.8 Å². The van der Waals surface area contributed by atoms with Crippen LogP contribution in [0.2, 0.25) is 0 Å². The molecular formula is C19H22N4O. The van der Waals surface area contributed by atoms with Crippen molar-refractivity contribution in [2.45, 2.75) is 32.6 Å². The van der Waals surface area contributed by atoms with Crippen molar-refractivity contribution in [3.05, 3.63) is 59.7 Å². The molecule has 2 N–H and O–H groups in total. The van der Waals surface area contributed by atoms with E-state index >= 15 is 0 Å². The summed E-state index contributed by atoms with van der Waals surface area (Å²) in [6.07, 6.45) is 5.77. The van der Waals surface area contributed by atoms with E-state index in [1.54, 1.807) is 12.3 Å². The van der Waals surface area contributed by atoms with Crippen molar-refractivity contribution in [1.29, 1.82) is 0 Å². The number of unbranched alkanes of at least 4 members (excludes halogenated alkanes) is 1. The Morgan fingerprint density at radius 1 is 1.17 bits per heavy atom. The van der Waals surface area contributed by atoms with Gasteiger partial charge in [-0.15, -0.1) is 0 Å². The normalized spacial score (nSPS) is 10.9. The first-order chi connectivity index (χ1) is 11.8. The van der Waals surface area contributed by atoms with Crippen LogP contribution in [0.5, 0.6) is 0 Å². The van der Waals surface area contributed by atoms with Crippen LogP contribution in [0.4, 0.5) is 0 Å². The monoisotopic (exact) mass is 322 g/mol. The highest BCUT2D eigenvalue weighted by Gasteiger charge is 2.07. The minimum absolute atomic E-state index is 0.145. The van der Waals surface area contributed by atoms with Crippen molar-refractivity contribution in [1.82, 2.24) is 20.3 Å². The van der Waals surface area contributed by atoms with E-state index in [-0.39, 0.29) is 5.91 Å². The number of nitrogens with one attached hydrogen (secondary N) is 2. The van der Waals surface area contributed by atoms with Crippen LogP contribution in [0.1, 0.15) is 41.6 Å². The van der Waals surface area contributed by atoms with Crippen LogP contribution in [0.25, 0.3) is 11.0 Å². The SMILES string of the molecule is CCCCc1ccc(C(=O)NCCc2nc3ccccc3[nH]2)nc1. The first-order valence-corrected chi connectivity index (χ1v) is 8.43. The van der Waals surface area contributed by atoms with Gasteiger partial charge in [0.25, 0.3) is 5.91 Å². The molecule has 0 aliphatic rings. The van der Waals surface area contributed by atoms with Gasteiger partial charge in [0, 0.05) is 19.2 Å². The molecule has 124 valence electrons. The first kappa shape index (κ1) is 16.2. The van der Waals surface area contributed by atoms with E-state index in [9.17, 15) is 4.79 Å². The van der Waals surface area contributed by atoms with Crippen molar-refractivity contribution in [3.63, 3.8) is 0 Å². The molecule has 0 unspecified atom stereocenters. The summed E-state index contributed by atoms with van der Waals surface area (Å²) in [5.74, 6) is 0.729. The Labute approximate surface area is 141 Å². The number of hydrogen-bond acceptors (Lipinski definition) is 3. The zero-order valence-electron chi connectivity index (χ0n) is 13.9. The number of fused-ring (bicyclic) bond motifs is 1. The molecule has 0 spiro atoms. The lowest BCUT2D eigenvalue weighted by Gasteiger charge is -2.04. The molecule has 2 aromatic heterocycles. The second-order valence-electron chi connectivity index (χ2n) is 5.86. The molecule has 2 heterocycles. The van der Waals surface area contributed by atoms with Crippen molar-refractivity contribution in [2.24, 2.45) is 0 Å². The van der Waals surface area contributed by atoms with E-state index < -0.39 is 0 Å². The second kappa shape index (κ2) is 7.73. The third-order valence-corrected chi connectivity index (χ3v) is 3.96. The Morgan fingerprint density at radius 2 is 2.04 bits per heavy atom. The van der Waals surface area contributed by atoms with Crippen LogP contribution in [0, 0.1) is 0 Å². The maximum Gasteiger partial charge on any atom is 0.269 e. The third kappa shape index (κ3) is 3.98. The molecule has 3 aromatic rings. The fourth-order valence-corrected chi connectivity index (χ4v) is 2.60. The number of rotatable bonds is 7. The quantitative estimate of drug-likeness (QED) is 0.701. The van der Waals surface area contributed by atoms with Gasteiger partial charge in [-0.2, -0.15) is 0 Å². The zero-order chi connectivity index (χ0) is 16.8. The lowest BCUT2D eigenvalue weighted by atomic mass is 10.1. The summed E-state index contributed by atoms with van der Waals surface area (Å²) in [4.78, 5) is 24.1. The number of pyridine rings is 1. The summed E-state index contributed by atoms with van der Waals surface area (Å²) in [6, 6.07) is 11.7. The minimum Gasteiger partial charge on any atom is -0.350 e. The number of imidazole rings is 1. The highest BCUT2D eigenvalue weighted by molar-refractivity contribution is 5.92. The number of carbonyl (C=O) groups is 1. The van der Waals surface area contributed by atoms with Crippen LogP contribution in [0.3, 0.4) is 0 Å². The molecule has 0 saturated carbocycles. The van der Waals surface area contributed by atoms with Crippen LogP contribution in [-0.4, -0.2) is 27.4 Å². The number of aromatic nitrogens is 3. The average molecular weight is 322 g/mol. The molecule has 5 heteroatoms. The van der Waals surface area contributed by atoms with Crippen molar-refractivity contribution >= 4 is 16.9 Å². The number of aryl methyl sites for hydroxylation is 1. The largest absolute Gasteiger partial charge is 0.350 e. The van der Waals surface area contributed by atoms with E-state index in [4.69, 9.17) is 0 Å². The topological polar surface area (TPSA) is 70.7 Å². The van der Waals surface area contributed by atoms with Crippen LogP contribution >= 0.6 is 0 Å². The molecule has 0 bridgehead atoms. The van der Waals surface area contributed by atoms with Gasteiger partial charge >= 0.3 is 0 Å². The Balaban J connectivity index is 1.51. The number of amides is 1. The summed E-state index contributed by atoms with van der Waals surface area (Å²) in [5, 5.41) is 2.89. The number of carbonyl (C=O) groups excluding carboxylic acids is 1. The predicted molar refractivity (Wildman–Crippen MR) is 95.0 cm³/mol. The molecule has 0 saturated heterocycles. The number of hydrogen-bond donors (Lipinski definition) is 2. The van der Waals surface area contributed by atoms with Gasteiger partial charge < -0.3 is 10.3 Å². The molecule has 5 nitrogen and oxygen atoms in total. The predicted octanol–water partition coefficient (Wildman–Crippen LogP) is 3.27. The fraction of sp³-hybridized carbons (Fsp3) is 0.316. The molecular weight excluding hydrogens is 300 g/mol. The van der Waals surface area contributed by atoms with Gasteiger partial charge in [-0.1, -0.05) is 31.5 Å². The number of nitrogens with zero attached hydrogens (tertiary/aromatic N) is 2. The number of H-pyrrole nitrogens is 1. The maximum absolute atomic E-state index is 12.1. The van der Waals surface area contributed by atoms with E-state index in [1.165, 1.54) is 5.56 Å². The smallest absolute Gasteiger partial charge is 0.269 e. The molecule has 3 rings (SSSR count). The molecule has 1 aromatic carbocycles. The summed E-state index contributed by atoms with van der Waals surface area (Å²) < 4.78 is 0. The van der Waals surface area contributed by atoms with Gasteiger partial charge in [-0.3, -0.25) is 9.78 Å². The van der Waals surface area contributed by atoms with E-state index in [0.717, 1.165) is 36.1 Å². The average Bonchev–Trinajstić information content (AvgIpc) is 3.03. The van der Waals surface area contributed by atoms with Gasteiger partial charge in [0.1, 0.15) is 11.5 Å². The Hall–Kier alpha value is -2.69. The highest BCUT2D eigenvalue weighted by Crippen LogP contribution is 2.10. The molecule has 0 radical (unpaired) electrons. The number of benzene rings is 1. The minimum atomic E-state index is -0.145. The van der Waals surface area contributed by atoms with Crippen molar-refractivity contribution in [2.75, 3.05) is 6.54 Å². The lowest BCUT2D eigenvalue weighted by molar-refractivity contribution is 0.0949. The number of aromatic amines is 1. The van der Waals surface area contributed by atoms with Gasteiger partial charge in [-0.05, 0) is 36.6 Å². The second-order valence-corrected chi connectivity index (χ2v) is 5.86. The van der Waals surface area contributed by atoms with Crippen LogP contribution < -0.4 is 5.32 Å². The van der Waals surface area contributed by atoms with Gasteiger partial charge in [-0.25, -0.2) is 4.98 Å². The molecule has 0 fully saturated rings. The molecule has 0 aliphatic carbocycles. The Bertz CT molecular complexity index is 775. The highest BCUT2D eigenvalue weighted by atomic mass is 16.1. The zero-order valence-corrected chi connectivity index (χ0v) is 13.9. The Morgan fingerprint density at radius 3 is 2.79 bits per heavy atom. The molecule has 1 amide bonds. The summed E-state index contributed by atoms with van der Waals surface area (Å²) in [5.41, 5.74) is 3.60. The summed E-state index contributed by atoms with van der Waals surface area (Å²) in [7, 11) is 0. The number of para-hydroxylation sites is 2. The van der Waals surface area contributed by atoms with E-state index in [0.29, 0.717) is 18.7 Å². The van der Waals surface area contributed by atoms with Gasteiger partial charge in [0.2, 0.25) is 0 Å². The summed E-state index contributed by atoms with van der Waals surface area (Å²) in [6.45, 7) is 2.69. The molecule has 0 aliphatic heterocycles. The van der Waals surface area contributed by atoms with Crippen molar-refractivity contribution < 1.29 is 4.79 Å². The Kier molecular flexibility index (Phi) is 5.21. The molecule has 24 heavy (non-hydrogen) atoms. The lowest BCUT2D eigenvalue weighted by Crippen LogP contribution is -2.26. The van der Waals surface area contributed by atoms with Gasteiger partial charge in [0.05, 0.1) is 11.0 Å². The van der Waals surface area contributed by atoms with Crippen LogP contribution in [0.15, 0.2) is 42.6 Å². The first-order valence-electron chi connectivity index (χ1n) is 8.43.